The standard InChI is InChI=1S/C16H20N2O4S/c19-15(17-10-6-2-1-3-7-11-17)12-18-16(20)13-8-4-5-9-14(13)23(18,21)22/h4-5,8-9H,1-3,6-7,10-12H2. The Bertz CT molecular complexity index is 721. The number of hydrogen-bond donors (Lipinski definition) is 0. The molecule has 0 aliphatic carbocycles. The number of sulfonamides is 1. The fourth-order valence-corrected chi connectivity index (χ4v) is 4.63. The summed E-state index contributed by atoms with van der Waals surface area (Å²) in [6.45, 7) is 0.859. The monoisotopic (exact) mass is 336 g/mol. The lowest BCUT2D eigenvalue weighted by atomic mass is 10.1. The van der Waals surface area contributed by atoms with Gasteiger partial charge in [-0.2, -0.15) is 0 Å². The van der Waals surface area contributed by atoms with E-state index in [2.05, 4.69) is 0 Å². The van der Waals surface area contributed by atoms with Gasteiger partial charge in [0.1, 0.15) is 11.4 Å². The maximum absolute atomic E-state index is 12.5. The lowest BCUT2D eigenvalue weighted by Gasteiger charge is -2.26. The molecule has 1 aromatic carbocycles. The van der Waals surface area contributed by atoms with Gasteiger partial charge in [0.15, 0.2) is 0 Å². The molecular formula is C16H20N2O4S. The Labute approximate surface area is 136 Å². The Hall–Kier alpha value is -1.89. The van der Waals surface area contributed by atoms with Gasteiger partial charge in [-0.1, -0.05) is 31.4 Å². The second-order valence-corrected chi connectivity index (χ2v) is 7.79. The molecule has 1 aromatic rings. The number of fused-ring (bicyclic) bond motifs is 1. The highest BCUT2D eigenvalue weighted by Crippen LogP contribution is 2.29. The van der Waals surface area contributed by atoms with Crippen molar-refractivity contribution in [3.8, 4) is 0 Å². The van der Waals surface area contributed by atoms with Crippen LogP contribution in [-0.4, -0.2) is 49.1 Å². The predicted octanol–water partition coefficient (Wildman–Crippen LogP) is 1.62. The molecule has 124 valence electrons. The van der Waals surface area contributed by atoms with Gasteiger partial charge in [-0.3, -0.25) is 9.59 Å². The van der Waals surface area contributed by atoms with E-state index in [0.717, 1.165) is 25.7 Å². The molecule has 0 atom stereocenters. The summed E-state index contributed by atoms with van der Waals surface area (Å²) in [6.07, 6.45) is 5.18. The first-order valence-electron chi connectivity index (χ1n) is 7.96. The zero-order chi connectivity index (χ0) is 16.4. The van der Waals surface area contributed by atoms with Gasteiger partial charge in [0.2, 0.25) is 5.91 Å². The first-order chi connectivity index (χ1) is 11.0. The number of rotatable bonds is 2. The summed E-state index contributed by atoms with van der Waals surface area (Å²) in [5, 5.41) is 0. The zero-order valence-electron chi connectivity index (χ0n) is 12.9. The SMILES string of the molecule is O=C(CN1C(=O)c2ccccc2S1(=O)=O)N1CCCCCCC1. The maximum atomic E-state index is 12.5. The molecular weight excluding hydrogens is 316 g/mol. The van der Waals surface area contributed by atoms with Crippen LogP contribution in [0, 0.1) is 0 Å². The van der Waals surface area contributed by atoms with Crippen molar-refractivity contribution in [1.29, 1.82) is 0 Å². The van der Waals surface area contributed by atoms with Crippen molar-refractivity contribution >= 4 is 21.8 Å². The van der Waals surface area contributed by atoms with Crippen molar-refractivity contribution in [2.45, 2.75) is 37.0 Å². The van der Waals surface area contributed by atoms with Crippen LogP contribution in [-0.2, 0) is 14.8 Å². The average molecular weight is 336 g/mol. The van der Waals surface area contributed by atoms with Gasteiger partial charge < -0.3 is 4.90 Å². The van der Waals surface area contributed by atoms with Crippen LogP contribution >= 0.6 is 0 Å². The van der Waals surface area contributed by atoms with E-state index in [4.69, 9.17) is 0 Å². The lowest BCUT2D eigenvalue weighted by Crippen LogP contribution is -2.43. The molecule has 23 heavy (non-hydrogen) atoms. The number of hydrogen-bond acceptors (Lipinski definition) is 4. The second-order valence-electron chi connectivity index (χ2n) is 5.96. The Kier molecular flexibility index (Phi) is 4.39. The van der Waals surface area contributed by atoms with Crippen LogP contribution in [0.15, 0.2) is 29.2 Å². The van der Waals surface area contributed by atoms with Gasteiger partial charge in [-0.05, 0) is 25.0 Å². The molecule has 1 saturated heterocycles. The highest BCUT2D eigenvalue weighted by Gasteiger charge is 2.42. The molecule has 2 amide bonds. The van der Waals surface area contributed by atoms with E-state index in [-0.39, 0.29) is 16.4 Å². The summed E-state index contributed by atoms with van der Waals surface area (Å²) < 4.78 is 25.6. The van der Waals surface area contributed by atoms with Gasteiger partial charge in [-0.25, -0.2) is 12.7 Å². The first kappa shape index (κ1) is 16.0. The number of carbonyl (C=O) groups excluding carboxylic acids is 2. The van der Waals surface area contributed by atoms with Gasteiger partial charge in [0, 0.05) is 13.1 Å². The fourth-order valence-electron chi connectivity index (χ4n) is 3.11. The molecule has 0 N–H and O–H groups in total. The van der Waals surface area contributed by atoms with E-state index in [1.165, 1.54) is 18.6 Å². The topological polar surface area (TPSA) is 74.8 Å². The third-order valence-electron chi connectivity index (χ3n) is 4.40. The molecule has 0 bridgehead atoms. The van der Waals surface area contributed by atoms with Gasteiger partial charge in [-0.15, -0.1) is 0 Å². The normalized spacial score (nSPS) is 20.8. The Balaban J connectivity index is 1.78. The third kappa shape index (κ3) is 2.97. The van der Waals surface area contributed by atoms with Crippen molar-refractivity contribution in [2.75, 3.05) is 19.6 Å². The fraction of sp³-hybridized carbons (Fsp3) is 0.500. The second kappa shape index (κ2) is 6.31. The molecule has 0 unspecified atom stereocenters. The quantitative estimate of drug-likeness (QED) is 0.822. The first-order valence-corrected chi connectivity index (χ1v) is 9.40. The molecule has 0 radical (unpaired) electrons. The summed E-state index contributed by atoms with van der Waals surface area (Å²) in [6, 6.07) is 6.09. The number of nitrogens with zero attached hydrogens (tertiary/aromatic N) is 2. The molecule has 0 aromatic heterocycles. The predicted molar refractivity (Wildman–Crippen MR) is 84.3 cm³/mol. The number of amides is 2. The summed E-state index contributed by atoms with van der Waals surface area (Å²) in [4.78, 5) is 26.5. The number of carbonyl (C=O) groups is 2. The van der Waals surface area contributed by atoms with Crippen molar-refractivity contribution < 1.29 is 18.0 Å². The largest absolute Gasteiger partial charge is 0.341 e. The van der Waals surface area contributed by atoms with Crippen LogP contribution in [0.5, 0.6) is 0 Å². The van der Waals surface area contributed by atoms with E-state index in [1.54, 1.807) is 17.0 Å². The van der Waals surface area contributed by atoms with Crippen molar-refractivity contribution in [3.05, 3.63) is 29.8 Å². The Morgan fingerprint density at radius 1 is 1.00 bits per heavy atom. The van der Waals surface area contributed by atoms with Gasteiger partial charge >= 0.3 is 0 Å². The van der Waals surface area contributed by atoms with Crippen molar-refractivity contribution in [2.24, 2.45) is 0 Å². The zero-order valence-corrected chi connectivity index (χ0v) is 13.7. The summed E-state index contributed by atoms with van der Waals surface area (Å²) in [5.41, 5.74) is 0.146. The highest BCUT2D eigenvalue weighted by atomic mass is 32.2. The Morgan fingerprint density at radius 3 is 2.26 bits per heavy atom. The number of likely N-dealkylation sites (tertiary alicyclic amines) is 1. The van der Waals surface area contributed by atoms with E-state index >= 15 is 0 Å². The molecule has 1 fully saturated rings. The molecule has 0 spiro atoms. The molecule has 6 nitrogen and oxygen atoms in total. The molecule has 2 heterocycles. The lowest BCUT2D eigenvalue weighted by molar-refractivity contribution is -0.131. The average Bonchev–Trinajstić information content (AvgIpc) is 2.68. The van der Waals surface area contributed by atoms with Crippen molar-refractivity contribution in [1.82, 2.24) is 9.21 Å². The molecule has 2 aliphatic rings. The highest BCUT2D eigenvalue weighted by molar-refractivity contribution is 7.90. The summed E-state index contributed by atoms with van der Waals surface area (Å²) in [7, 11) is -3.91. The molecule has 2 aliphatic heterocycles. The van der Waals surface area contributed by atoms with E-state index < -0.39 is 22.5 Å². The molecule has 0 saturated carbocycles. The van der Waals surface area contributed by atoms with Crippen LogP contribution in [0.25, 0.3) is 0 Å². The maximum Gasteiger partial charge on any atom is 0.269 e. The van der Waals surface area contributed by atoms with E-state index in [9.17, 15) is 18.0 Å². The molecule has 3 rings (SSSR count). The van der Waals surface area contributed by atoms with E-state index in [0.29, 0.717) is 17.4 Å². The van der Waals surface area contributed by atoms with Crippen LogP contribution in [0.1, 0.15) is 42.5 Å². The number of benzene rings is 1. The third-order valence-corrected chi connectivity index (χ3v) is 6.19. The summed E-state index contributed by atoms with van der Waals surface area (Å²) in [5.74, 6) is -0.905. The smallest absolute Gasteiger partial charge is 0.269 e. The van der Waals surface area contributed by atoms with Gasteiger partial charge in [0.05, 0.1) is 5.56 Å². The minimum Gasteiger partial charge on any atom is -0.341 e. The minimum absolute atomic E-state index is 0.00883. The van der Waals surface area contributed by atoms with Crippen LogP contribution in [0.2, 0.25) is 0 Å². The van der Waals surface area contributed by atoms with Crippen LogP contribution in [0.4, 0.5) is 0 Å². The molecule has 7 heteroatoms. The minimum atomic E-state index is -3.91. The van der Waals surface area contributed by atoms with Crippen molar-refractivity contribution in [3.63, 3.8) is 0 Å². The van der Waals surface area contributed by atoms with Crippen LogP contribution < -0.4 is 0 Å². The van der Waals surface area contributed by atoms with E-state index in [1.807, 2.05) is 0 Å². The van der Waals surface area contributed by atoms with Crippen LogP contribution in [0.3, 0.4) is 0 Å². The summed E-state index contributed by atoms with van der Waals surface area (Å²) >= 11 is 0. The van der Waals surface area contributed by atoms with Gasteiger partial charge in [0.25, 0.3) is 15.9 Å². The Morgan fingerprint density at radius 2 is 1.61 bits per heavy atom.